The van der Waals surface area contributed by atoms with Gasteiger partial charge in [-0.3, -0.25) is 4.99 Å². The standard InChI is InChI=1S/C12H17N3O/c1-2-7-14-12(15-13)10-8-16-11-6-4-3-5-9(10)11/h3-6,10H,2,7-8,13H2,1H3,(H,14,15). The molecule has 16 heavy (non-hydrogen) atoms. The zero-order valence-electron chi connectivity index (χ0n) is 9.44. The summed E-state index contributed by atoms with van der Waals surface area (Å²) in [6.07, 6.45) is 1.01. The Bertz CT molecular complexity index is 390. The predicted octanol–water partition coefficient (Wildman–Crippen LogP) is 1.43. The van der Waals surface area contributed by atoms with Crippen molar-refractivity contribution in [1.82, 2.24) is 5.43 Å². The van der Waals surface area contributed by atoms with E-state index in [0.717, 1.165) is 30.1 Å². The van der Waals surface area contributed by atoms with Crippen LogP contribution in [0.2, 0.25) is 0 Å². The summed E-state index contributed by atoms with van der Waals surface area (Å²) in [5, 5.41) is 0. The lowest BCUT2D eigenvalue weighted by atomic mass is 10.0. The second-order valence-electron chi connectivity index (χ2n) is 3.81. The van der Waals surface area contributed by atoms with Crippen LogP contribution in [-0.4, -0.2) is 19.0 Å². The Balaban J connectivity index is 2.23. The van der Waals surface area contributed by atoms with Crippen LogP contribution >= 0.6 is 0 Å². The molecule has 0 fully saturated rings. The number of nitrogens with zero attached hydrogens (tertiary/aromatic N) is 1. The molecule has 1 aromatic carbocycles. The number of para-hydroxylation sites is 1. The van der Waals surface area contributed by atoms with Crippen molar-refractivity contribution in [1.29, 1.82) is 0 Å². The van der Waals surface area contributed by atoms with Crippen molar-refractivity contribution in [3.05, 3.63) is 29.8 Å². The van der Waals surface area contributed by atoms with Crippen LogP contribution in [-0.2, 0) is 0 Å². The van der Waals surface area contributed by atoms with Crippen molar-refractivity contribution in [3.63, 3.8) is 0 Å². The van der Waals surface area contributed by atoms with Crippen LogP contribution in [0, 0.1) is 0 Å². The Morgan fingerprint density at radius 2 is 2.38 bits per heavy atom. The topological polar surface area (TPSA) is 59.6 Å². The van der Waals surface area contributed by atoms with Crippen LogP contribution in [0.15, 0.2) is 29.3 Å². The minimum atomic E-state index is 0.146. The highest BCUT2D eigenvalue weighted by Gasteiger charge is 2.27. The van der Waals surface area contributed by atoms with Gasteiger partial charge in [-0.25, -0.2) is 5.84 Å². The van der Waals surface area contributed by atoms with E-state index in [-0.39, 0.29) is 5.92 Å². The third kappa shape index (κ3) is 2.02. The van der Waals surface area contributed by atoms with Gasteiger partial charge < -0.3 is 10.2 Å². The van der Waals surface area contributed by atoms with Gasteiger partial charge in [0.1, 0.15) is 18.2 Å². The van der Waals surface area contributed by atoms with Gasteiger partial charge in [-0.15, -0.1) is 0 Å². The Kier molecular flexibility index (Phi) is 3.41. The Hall–Kier alpha value is -1.55. The Morgan fingerprint density at radius 1 is 1.56 bits per heavy atom. The number of benzene rings is 1. The molecule has 0 radical (unpaired) electrons. The average Bonchev–Trinajstić information content (AvgIpc) is 2.75. The quantitative estimate of drug-likeness (QED) is 0.350. The highest BCUT2D eigenvalue weighted by molar-refractivity contribution is 5.90. The van der Waals surface area contributed by atoms with E-state index in [1.165, 1.54) is 0 Å². The monoisotopic (exact) mass is 219 g/mol. The average molecular weight is 219 g/mol. The van der Waals surface area contributed by atoms with E-state index in [1.54, 1.807) is 0 Å². The zero-order valence-corrected chi connectivity index (χ0v) is 9.44. The maximum absolute atomic E-state index is 5.60. The van der Waals surface area contributed by atoms with Crippen LogP contribution in [0.5, 0.6) is 5.75 Å². The lowest BCUT2D eigenvalue weighted by Gasteiger charge is -2.11. The number of nitrogens with one attached hydrogen (secondary N) is 1. The SMILES string of the molecule is CCCN=C(NN)C1COc2ccccc21. The van der Waals surface area contributed by atoms with E-state index in [1.807, 2.05) is 18.2 Å². The molecular weight excluding hydrogens is 202 g/mol. The van der Waals surface area contributed by atoms with Crippen LogP contribution < -0.4 is 16.0 Å². The molecule has 4 nitrogen and oxygen atoms in total. The van der Waals surface area contributed by atoms with Gasteiger partial charge in [-0.2, -0.15) is 0 Å². The fourth-order valence-electron chi connectivity index (χ4n) is 1.88. The first-order chi connectivity index (χ1) is 7.86. The molecule has 3 N–H and O–H groups in total. The maximum Gasteiger partial charge on any atom is 0.123 e. The summed E-state index contributed by atoms with van der Waals surface area (Å²) >= 11 is 0. The summed E-state index contributed by atoms with van der Waals surface area (Å²) in [7, 11) is 0. The molecule has 1 unspecified atom stereocenters. The minimum absolute atomic E-state index is 0.146. The van der Waals surface area contributed by atoms with Crippen LogP contribution in [0.3, 0.4) is 0 Å². The fraction of sp³-hybridized carbons (Fsp3) is 0.417. The normalized spacial score (nSPS) is 19.1. The second kappa shape index (κ2) is 4.99. The van der Waals surface area contributed by atoms with Gasteiger partial charge in [0.15, 0.2) is 0 Å². The van der Waals surface area contributed by atoms with E-state index < -0.39 is 0 Å². The van der Waals surface area contributed by atoms with Gasteiger partial charge in [-0.05, 0) is 12.5 Å². The van der Waals surface area contributed by atoms with E-state index in [0.29, 0.717) is 6.61 Å². The molecule has 1 heterocycles. The van der Waals surface area contributed by atoms with Gasteiger partial charge in [0.05, 0.1) is 5.92 Å². The number of hydrogen-bond acceptors (Lipinski definition) is 3. The first-order valence-electron chi connectivity index (χ1n) is 5.59. The molecule has 0 amide bonds. The van der Waals surface area contributed by atoms with Crippen LogP contribution in [0.1, 0.15) is 24.8 Å². The van der Waals surface area contributed by atoms with Gasteiger partial charge in [0, 0.05) is 12.1 Å². The van der Waals surface area contributed by atoms with Crippen LogP contribution in [0.25, 0.3) is 0 Å². The maximum atomic E-state index is 5.60. The summed E-state index contributed by atoms with van der Waals surface area (Å²) in [5.41, 5.74) is 3.85. The molecule has 0 aliphatic carbocycles. The van der Waals surface area contributed by atoms with Gasteiger partial charge >= 0.3 is 0 Å². The second-order valence-corrected chi connectivity index (χ2v) is 3.81. The number of ether oxygens (including phenoxy) is 1. The van der Waals surface area contributed by atoms with Crippen molar-refractivity contribution < 1.29 is 4.74 Å². The number of hydrogen-bond donors (Lipinski definition) is 2. The molecule has 0 saturated heterocycles. The van der Waals surface area contributed by atoms with Gasteiger partial charge in [0.25, 0.3) is 0 Å². The summed E-state index contributed by atoms with van der Waals surface area (Å²) in [6, 6.07) is 8.02. The third-order valence-electron chi connectivity index (χ3n) is 2.68. The van der Waals surface area contributed by atoms with Crippen molar-refractivity contribution >= 4 is 5.84 Å². The zero-order chi connectivity index (χ0) is 11.4. The number of rotatable bonds is 3. The fourth-order valence-corrected chi connectivity index (χ4v) is 1.88. The molecule has 2 rings (SSSR count). The lowest BCUT2D eigenvalue weighted by molar-refractivity contribution is 0.348. The molecular formula is C12H17N3O. The molecule has 1 atom stereocenters. The lowest BCUT2D eigenvalue weighted by Crippen LogP contribution is -2.36. The number of fused-ring (bicyclic) bond motifs is 1. The predicted molar refractivity (Wildman–Crippen MR) is 64.6 cm³/mol. The number of aliphatic imine (C=N–C) groups is 1. The van der Waals surface area contributed by atoms with Crippen molar-refractivity contribution in [3.8, 4) is 5.75 Å². The molecule has 0 bridgehead atoms. The van der Waals surface area contributed by atoms with E-state index in [2.05, 4.69) is 23.4 Å². The number of nitrogens with two attached hydrogens (primary N) is 1. The van der Waals surface area contributed by atoms with Gasteiger partial charge in [-0.1, -0.05) is 25.1 Å². The molecule has 0 aromatic heterocycles. The van der Waals surface area contributed by atoms with E-state index in [4.69, 9.17) is 10.6 Å². The summed E-state index contributed by atoms with van der Waals surface area (Å²) in [6.45, 7) is 3.50. The molecule has 1 aliphatic rings. The third-order valence-corrected chi connectivity index (χ3v) is 2.68. The largest absolute Gasteiger partial charge is 0.492 e. The highest BCUT2D eigenvalue weighted by Crippen LogP contribution is 2.33. The molecule has 86 valence electrons. The number of hydrazine groups is 1. The first kappa shape index (κ1) is 11.0. The van der Waals surface area contributed by atoms with Gasteiger partial charge in [0.2, 0.25) is 0 Å². The molecule has 0 spiro atoms. The molecule has 1 aromatic rings. The molecule has 1 aliphatic heterocycles. The first-order valence-corrected chi connectivity index (χ1v) is 5.59. The van der Waals surface area contributed by atoms with Crippen LogP contribution in [0.4, 0.5) is 0 Å². The Morgan fingerprint density at radius 3 is 3.12 bits per heavy atom. The van der Waals surface area contributed by atoms with Crippen molar-refractivity contribution in [2.24, 2.45) is 10.8 Å². The van der Waals surface area contributed by atoms with Crippen molar-refractivity contribution in [2.45, 2.75) is 19.3 Å². The van der Waals surface area contributed by atoms with E-state index >= 15 is 0 Å². The Labute approximate surface area is 95.5 Å². The van der Waals surface area contributed by atoms with Crippen molar-refractivity contribution in [2.75, 3.05) is 13.2 Å². The summed E-state index contributed by atoms with van der Waals surface area (Å²) < 4.78 is 5.60. The molecule has 4 heteroatoms. The smallest absolute Gasteiger partial charge is 0.123 e. The number of amidine groups is 1. The minimum Gasteiger partial charge on any atom is -0.492 e. The van der Waals surface area contributed by atoms with E-state index in [9.17, 15) is 0 Å². The summed E-state index contributed by atoms with van der Waals surface area (Å²) in [4.78, 5) is 4.44. The highest BCUT2D eigenvalue weighted by atomic mass is 16.5. The molecule has 0 saturated carbocycles. The summed E-state index contributed by atoms with van der Waals surface area (Å²) in [5.74, 6) is 7.41.